The third kappa shape index (κ3) is 3.35. The van der Waals surface area contributed by atoms with Gasteiger partial charge in [-0.05, 0) is 24.1 Å². The maximum absolute atomic E-state index is 11.4. The first-order valence-corrected chi connectivity index (χ1v) is 5.88. The third-order valence-electron chi connectivity index (χ3n) is 2.54. The largest absolute Gasteiger partial charge is 0.507 e. The molecule has 6 heteroatoms. The minimum Gasteiger partial charge on any atom is -0.507 e. The summed E-state index contributed by atoms with van der Waals surface area (Å²) in [5, 5.41) is 29.0. The number of phenolic OH excluding ortho intramolecular Hbond substituents is 1. The lowest BCUT2D eigenvalue weighted by Crippen LogP contribution is -2.19. The summed E-state index contributed by atoms with van der Waals surface area (Å²) in [7, 11) is 1.19. The number of aliphatic hydroxyl groups is 2. The maximum atomic E-state index is 11.4. The standard InChI is InChI=1S/C12H15ClO5/c1-18-12(17)8-6-7(2-3-9(8)14)11(16)10(15)4-5-13/h2-3,6,10-11,14-16H,4-5H2,1H3. The number of benzene rings is 1. The number of carbonyl (C=O) groups is 1. The smallest absolute Gasteiger partial charge is 0.341 e. The molecule has 100 valence electrons. The molecule has 5 nitrogen and oxygen atoms in total. The SMILES string of the molecule is COC(=O)c1cc(C(O)C(O)CCCl)ccc1O. The lowest BCUT2D eigenvalue weighted by Gasteiger charge is -2.18. The molecular weight excluding hydrogens is 260 g/mol. The Morgan fingerprint density at radius 3 is 2.67 bits per heavy atom. The molecule has 1 aromatic rings. The van der Waals surface area contributed by atoms with Crippen LogP contribution >= 0.6 is 11.6 Å². The van der Waals surface area contributed by atoms with Crippen molar-refractivity contribution in [2.24, 2.45) is 0 Å². The van der Waals surface area contributed by atoms with Crippen LogP contribution in [0.25, 0.3) is 0 Å². The molecule has 0 bridgehead atoms. The van der Waals surface area contributed by atoms with Gasteiger partial charge in [-0.3, -0.25) is 0 Å². The van der Waals surface area contributed by atoms with Gasteiger partial charge in [0.25, 0.3) is 0 Å². The number of phenols is 1. The average Bonchev–Trinajstić information content (AvgIpc) is 2.38. The number of hydrogen-bond donors (Lipinski definition) is 3. The fraction of sp³-hybridized carbons (Fsp3) is 0.417. The zero-order valence-corrected chi connectivity index (χ0v) is 10.6. The Bertz CT molecular complexity index is 421. The Morgan fingerprint density at radius 2 is 2.11 bits per heavy atom. The van der Waals surface area contributed by atoms with Crippen LogP contribution in [0.5, 0.6) is 5.75 Å². The summed E-state index contributed by atoms with van der Waals surface area (Å²) in [6, 6.07) is 3.96. The molecule has 2 atom stereocenters. The fourth-order valence-corrected chi connectivity index (χ4v) is 1.73. The second kappa shape index (κ2) is 6.58. The van der Waals surface area contributed by atoms with E-state index in [1.165, 1.54) is 25.3 Å². The molecule has 0 fully saturated rings. The lowest BCUT2D eigenvalue weighted by atomic mass is 10.00. The Balaban J connectivity index is 3.00. The van der Waals surface area contributed by atoms with Gasteiger partial charge in [0.2, 0.25) is 0 Å². The first-order chi connectivity index (χ1) is 8.51. The first-order valence-electron chi connectivity index (χ1n) is 5.34. The van der Waals surface area contributed by atoms with Crippen LogP contribution < -0.4 is 0 Å². The molecule has 1 rings (SSSR count). The van der Waals surface area contributed by atoms with Crippen LogP contribution in [0.4, 0.5) is 0 Å². The number of esters is 1. The third-order valence-corrected chi connectivity index (χ3v) is 2.75. The van der Waals surface area contributed by atoms with Gasteiger partial charge in [-0.1, -0.05) is 6.07 Å². The van der Waals surface area contributed by atoms with E-state index in [1.54, 1.807) is 0 Å². The molecule has 0 saturated carbocycles. The first kappa shape index (κ1) is 14.8. The van der Waals surface area contributed by atoms with Crippen LogP contribution in [-0.2, 0) is 4.74 Å². The highest BCUT2D eigenvalue weighted by atomic mass is 35.5. The van der Waals surface area contributed by atoms with Crippen molar-refractivity contribution in [2.75, 3.05) is 13.0 Å². The van der Waals surface area contributed by atoms with E-state index in [1.807, 2.05) is 0 Å². The topological polar surface area (TPSA) is 87.0 Å². The molecule has 1 aromatic carbocycles. The van der Waals surface area contributed by atoms with Crippen LogP contribution in [0.3, 0.4) is 0 Å². The molecular formula is C12H15ClO5. The summed E-state index contributed by atoms with van der Waals surface area (Å²) in [4.78, 5) is 11.4. The molecule has 0 aliphatic heterocycles. The number of rotatable bonds is 5. The molecule has 0 aliphatic rings. The number of alkyl halides is 1. The van der Waals surface area contributed by atoms with E-state index in [2.05, 4.69) is 4.74 Å². The van der Waals surface area contributed by atoms with E-state index in [0.717, 1.165) is 0 Å². The Hall–Kier alpha value is -1.30. The van der Waals surface area contributed by atoms with E-state index < -0.39 is 18.2 Å². The van der Waals surface area contributed by atoms with Gasteiger partial charge in [0.15, 0.2) is 0 Å². The number of carbonyl (C=O) groups excluding carboxylic acids is 1. The van der Waals surface area contributed by atoms with Gasteiger partial charge in [-0.25, -0.2) is 4.79 Å². The predicted octanol–water partition coefficient (Wildman–Crippen LogP) is 1.20. The van der Waals surface area contributed by atoms with Gasteiger partial charge < -0.3 is 20.1 Å². The molecule has 0 spiro atoms. The summed E-state index contributed by atoms with van der Waals surface area (Å²) in [5.74, 6) is -0.752. The summed E-state index contributed by atoms with van der Waals surface area (Å²) in [6.45, 7) is 0. The van der Waals surface area contributed by atoms with E-state index in [-0.39, 0.29) is 23.6 Å². The number of methoxy groups -OCH3 is 1. The van der Waals surface area contributed by atoms with Gasteiger partial charge in [0.05, 0.1) is 13.2 Å². The van der Waals surface area contributed by atoms with Crippen LogP contribution in [0.15, 0.2) is 18.2 Å². The van der Waals surface area contributed by atoms with E-state index in [0.29, 0.717) is 5.56 Å². The number of halogens is 1. The molecule has 0 radical (unpaired) electrons. The number of ether oxygens (including phenoxy) is 1. The van der Waals surface area contributed by atoms with Crippen molar-refractivity contribution in [1.82, 2.24) is 0 Å². The minimum atomic E-state index is -1.17. The molecule has 0 aromatic heterocycles. The van der Waals surface area contributed by atoms with Crippen molar-refractivity contribution in [1.29, 1.82) is 0 Å². The summed E-state index contributed by atoms with van der Waals surface area (Å²) >= 11 is 5.47. The lowest BCUT2D eigenvalue weighted by molar-refractivity contribution is 0.0168. The Labute approximate surface area is 110 Å². The summed E-state index contributed by atoms with van der Waals surface area (Å²) in [5.41, 5.74) is 0.248. The molecule has 0 heterocycles. The zero-order valence-electron chi connectivity index (χ0n) is 9.84. The van der Waals surface area contributed by atoms with Crippen LogP contribution in [0.2, 0.25) is 0 Å². The van der Waals surface area contributed by atoms with E-state index in [4.69, 9.17) is 11.6 Å². The van der Waals surface area contributed by atoms with E-state index >= 15 is 0 Å². The number of aliphatic hydroxyl groups excluding tert-OH is 2. The quantitative estimate of drug-likeness (QED) is 0.555. The van der Waals surface area contributed by atoms with Crippen molar-refractivity contribution in [3.05, 3.63) is 29.3 Å². The Kier molecular flexibility index (Phi) is 5.40. The number of hydrogen-bond acceptors (Lipinski definition) is 5. The second-order valence-electron chi connectivity index (χ2n) is 3.76. The van der Waals surface area contributed by atoms with Crippen molar-refractivity contribution >= 4 is 17.6 Å². The van der Waals surface area contributed by atoms with Gasteiger partial charge in [-0.2, -0.15) is 0 Å². The van der Waals surface area contributed by atoms with E-state index in [9.17, 15) is 20.1 Å². The van der Waals surface area contributed by atoms with Crippen LogP contribution in [0.1, 0.15) is 28.4 Å². The van der Waals surface area contributed by atoms with Crippen molar-refractivity contribution < 1.29 is 24.9 Å². The van der Waals surface area contributed by atoms with Crippen molar-refractivity contribution in [3.8, 4) is 5.75 Å². The van der Waals surface area contributed by atoms with Gasteiger partial charge in [-0.15, -0.1) is 11.6 Å². The minimum absolute atomic E-state index is 0.0628. The highest BCUT2D eigenvalue weighted by Gasteiger charge is 2.20. The molecule has 0 saturated heterocycles. The highest BCUT2D eigenvalue weighted by molar-refractivity contribution is 6.17. The Morgan fingerprint density at radius 1 is 1.44 bits per heavy atom. The zero-order chi connectivity index (χ0) is 13.7. The second-order valence-corrected chi connectivity index (χ2v) is 4.14. The highest BCUT2D eigenvalue weighted by Crippen LogP contribution is 2.25. The molecule has 0 aliphatic carbocycles. The van der Waals surface area contributed by atoms with Gasteiger partial charge in [0, 0.05) is 5.88 Å². The molecule has 3 N–H and O–H groups in total. The predicted molar refractivity (Wildman–Crippen MR) is 65.7 cm³/mol. The maximum Gasteiger partial charge on any atom is 0.341 e. The van der Waals surface area contributed by atoms with Gasteiger partial charge in [0.1, 0.15) is 17.4 Å². The van der Waals surface area contributed by atoms with Gasteiger partial charge >= 0.3 is 5.97 Å². The fourth-order valence-electron chi connectivity index (χ4n) is 1.50. The molecule has 18 heavy (non-hydrogen) atoms. The monoisotopic (exact) mass is 274 g/mol. The molecule has 0 amide bonds. The number of aromatic hydroxyl groups is 1. The van der Waals surface area contributed by atoms with Crippen molar-refractivity contribution in [2.45, 2.75) is 18.6 Å². The van der Waals surface area contributed by atoms with Crippen LogP contribution in [-0.4, -0.2) is 40.4 Å². The van der Waals surface area contributed by atoms with Crippen LogP contribution in [0, 0.1) is 0 Å². The van der Waals surface area contributed by atoms with Crippen molar-refractivity contribution in [3.63, 3.8) is 0 Å². The normalized spacial score (nSPS) is 14.0. The molecule has 2 unspecified atom stereocenters. The summed E-state index contributed by atoms with van der Waals surface area (Å²) in [6.07, 6.45) is -1.98. The average molecular weight is 275 g/mol. The summed E-state index contributed by atoms with van der Waals surface area (Å²) < 4.78 is 4.50.